The van der Waals surface area contributed by atoms with E-state index in [0.29, 0.717) is 6.42 Å². The highest BCUT2D eigenvalue weighted by Crippen LogP contribution is 2.30. The normalized spacial score (nSPS) is 16.4. The molecule has 22 heavy (non-hydrogen) atoms. The van der Waals surface area contributed by atoms with E-state index >= 15 is 0 Å². The maximum atomic E-state index is 12.2. The molecule has 0 unspecified atom stereocenters. The quantitative estimate of drug-likeness (QED) is 0.905. The van der Waals surface area contributed by atoms with E-state index in [1.165, 1.54) is 27.8 Å². The Labute approximate surface area is 132 Å². The SMILES string of the molecule is Cc1ccc(CCC(=O)N[C@@H]2CCc3ccccc32)c(C)c1. The molecule has 0 aliphatic heterocycles. The third-order valence-electron chi connectivity index (χ3n) is 4.59. The number of aryl methyl sites for hydroxylation is 4. The first-order valence-corrected chi connectivity index (χ1v) is 8.07. The highest BCUT2D eigenvalue weighted by atomic mass is 16.1. The van der Waals surface area contributed by atoms with Crippen molar-refractivity contribution in [3.8, 4) is 0 Å². The lowest BCUT2D eigenvalue weighted by Crippen LogP contribution is -2.27. The Kier molecular flexibility index (Phi) is 4.28. The van der Waals surface area contributed by atoms with E-state index < -0.39 is 0 Å². The summed E-state index contributed by atoms with van der Waals surface area (Å²) in [6, 6.07) is 15.1. The van der Waals surface area contributed by atoms with Crippen LogP contribution in [0.3, 0.4) is 0 Å². The maximum Gasteiger partial charge on any atom is 0.220 e. The van der Waals surface area contributed by atoms with Crippen molar-refractivity contribution in [2.75, 3.05) is 0 Å². The first kappa shape index (κ1) is 14.8. The van der Waals surface area contributed by atoms with Crippen molar-refractivity contribution in [2.24, 2.45) is 0 Å². The number of nitrogens with one attached hydrogen (secondary N) is 1. The lowest BCUT2D eigenvalue weighted by molar-refractivity contribution is -0.121. The first-order valence-electron chi connectivity index (χ1n) is 8.07. The molecule has 0 radical (unpaired) electrons. The minimum absolute atomic E-state index is 0.154. The third-order valence-corrected chi connectivity index (χ3v) is 4.59. The highest BCUT2D eigenvalue weighted by molar-refractivity contribution is 5.77. The summed E-state index contributed by atoms with van der Waals surface area (Å²) >= 11 is 0. The Morgan fingerprint density at radius 2 is 2.00 bits per heavy atom. The van der Waals surface area contributed by atoms with Crippen molar-refractivity contribution in [3.05, 3.63) is 70.3 Å². The molecule has 1 N–H and O–H groups in total. The Bertz CT molecular complexity index is 690. The summed E-state index contributed by atoms with van der Waals surface area (Å²) in [5.74, 6) is 0.154. The molecule has 3 rings (SSSR count). The maximum absolute atomic E-state index is 12.2. The molecule has 0 heterocycles. The molecule has 0 bridgehead atoms. The molecule has 1 atom stereocenters. The van der Waals surface area contributed by atoms with E-state index in [0.717, 1.165) is 19.3 Å². The van der Waals surface area contributed by atoms with E-state index in [4.69, 9.17) is 0 Å². The zero-order valence-corrected chi connectivity index (χ0v) is 13.4. The van der Waals surface area contributed by atoms with Crippen LogP contribution in [0.2, 0.25) is 0 Å². The van der Waals surface area contributed by atoms with Gasteiger partial charge in [0.15, 0.2) is 0 Å². The molecule has 0 saturated heterocycles. The second kappa shape index (κ2) is 6.35. The summed E-state index contributed by atoms with van der Waals surface area (Å²) in [5, 5.41) is 3.20. The molecule has 0 aromatic heterocycles. The van der Waals surface area contributed by atoms with Gasteiger partial charge in [-0.1, -0.05) is 48.0 Å². The molecule has 0 fully saturated rings. The van der Waals surface area contributed by atoms with Crippen LogP contribution in [0.15, 0.2) is 42.5 Å². The van der Waals surface area contributed by atoms with E-state index in [-0.39, 0.29) is 11.9 Å². The molecule has 2 aromatic carbocycles. The minimum atomic E-state index is 0.154. The van der Waals surface area contributed by atoms with Crippen LogP contribution in [-0.4, -0.2) is 5.91 Å². The van der Waals surface area contributed by atoms with Gasteiger partial charge in [-0.15, -0.1) is 0 Å². The van der Waals surface area contributed by atoms with E-state index in [1.54, 1.807) is 0 Å². The van der Waals surface area contributed by atoms with Gasteiger partial charge in [0.1, 0.15) is 0 Å². The van der Waals surface area contributed by atoms with E-state index in [1.807, 2.05) is 0 Å². The second-order valence-corrected chi connectivity index (χ2v) is 6.29. The highest BCUT2D eigenvalue weighted by Gasteiger charge is 2.23. The molecule has 1 amide bonds. The van der Waals surface area contributed by atoms with Crippen molar-refractivity contribution in [3.63, 3.8) is 0 Å². The van der Waals surface area contributed by atoms with Gasteiger partial charge >= 0.3 is 0 Å². The van der Waals surface area contributed by atoms with Gasteiger partial charge in [0.2, 0.25) is 5.91 Å². The number of benzene rings is 2. The van der Waals surface area contributed by atoms with Crippen LogP contribution in [-0.2, 0) is 17.6 Å². The Morgan fingerprint density at radius 1 is 1.18 bits per heavy atom. The zero-order chi connectivity index (χ0) is 15.5. The molecule has 0 spiro atoms. The Hall–Kier alpha value is -2.09. The summed E-state index contributed by atoms with van der Waals surface area (Å²) in [6.45, 7) is 4.22. The van der Waals surface area contributed by atoms with Gasteiger partial charge in [-0.3, -0.25) is 4.79 Å². The number of hydrogen-bond donors (Lipinski definition) is 1. The largest absolute Gasteiger partial charge is 0.349 e. The van der Waals surface area contributed by atoms with Crippen LogP contribution in [0.25, 0.3) is 0 Å². The smallest absolute Gasteiger partial charge is 0.220 e. The van der Waals surface area contributed by atoms with Crippen LogP contribution in [0, 0.1) is 13.8 Å². The van der Waals surface area contributed by atoms with Crippen LogP contribution in [0.5, 0.6) is 0 Å². The monoisotopic (exact) mass is 293 g/mol. The van der Waals surface area contributed by atoms with Crippen molar-refractivity contribution >= 4 is 5.91 Å². The van der Waals surface area contributed by atoms with Crippen molar-refractivity contribution in [2.45, 2.75) is 45.6 Å². The fourth-order valence-electron chi connectivity index (χ4n) is 3.35. The number of rotatable bonds is 4. The fraction of sp³-hybridized carbons (Fsp3) is 0.350. The summed E-state index contributed by atoms with van der Waals surface area (Å²) < 4.78 is 0. The second-order valence-electron chi connectivity index (χ2n) is 6.29. The predicted octanol–water partition coefficient (Wildman–Crippen LogP) is 4.04. The number of hydrogen-bond acceptors (Lipinski definition) is 1. The molecule has 0 saturated carbocycles. The average molecular weight is 293 g/mol. The lowest BCUT2D eigenvalue weighted by Gasteiger charge is -2.14. The van der Waals surface area contributed by atoms with Crippen LogP contribution < -0.4 is 5.32 Å². The summed E-state index contributed by atoms with van der Waals surface area (Å²) in [6.07, 6.45) is 3.46. The molecule has 2 nitrogen and oxygen atoms in total. The number of amides is 1. The zero-order valence-electron chi connectivity index (χ0n) is 13.4. The standard InChI is InChI=1S/C20H23NO/c1-14-7-8-16(15(2)13-14)10-12-20(22)21-19-11-9-17-5-3-4-6-18(17)19/h3-8,13,19H,9-12H2,1-2H3,(H,21,22)/t19-/m1/s1. The molecule has 1 aliphatic rings. The summed E-state index contributed by atoms with van der Waals surface area (Å²) in [5.41, 5.74) is 6.49. The number of fused-ring (bicyclic) bond motifs is 1. The van der Waals surface area contributed by atoms with Gasteiger partial charge in [0.25, 0.3) is 0 Å². The van der Waals surface area contributed by atoms with Gasteiger partial charge in [0.05, 0.1) is 6.04 Å². The van der Waals surface area contributed by atoms with Crippen molar-refractivity contribution < 1.29 is 4.79 Å². The Balaban J connectivity index is 1.57. The Morgan fingerprint density at radius 3 is 2.82 bits per heavy atom. The lowest BCUT2D eigenvalue weighted by atomic mass is 10.0. The predicted molar refractivity (Wildman–Crippen MR) is 89.9 cm³/mol. The molecule has 1 aliphatic carbocycles. The molecular formula is C20H23NO. The molecule has 2 heteroatoms. The topological polar surface area (TPSA) is 29.1 Å². The van der Waals surface area contributed by atoms with Crippen LogP contribution in [0.4, 0.5) is 0 Å². The molecular weight excluding hydrogens is 270 g/mol. The first-order chi connectivity index (χ1) is 10.6. The van der Waals surface area contributed by atoms with Crippen molar-refractivity contribution in [1.82, 2.24) is 5.32 Å². The van der Waals surface area contributed by atoms with Gasteiger partial charge in [-0.05, 0) is 55.4 Å². The van der Waals surface area contributed by atoms with Gasteiger partial charge in [0, 0.05) is 6.42 Å². The van der Waals surface area contributed by atoms with Crippen LogP contribution >= 0.6 is 0 Å². The van der Waals surface area contributed by atoms with Gasteiger partial charge in [-0.25, -0.2) is 0 Å². The van der Waals surface area contributed by atoms with Gasteiger partial charge in [-0.2, -0.15) is 0 Å². The average Bonchev–Trinajstić information content (AvgIpc) is 2.90. The minimum Gasteiger partial charge on any atom is -0.349 e. The summed E-state index contributed by atoms with van der Waals surface area (Å²) in [4.78, 5) is 12.2. The number of carbonyl (C=O) groups is 1. The van der Waals surface area contributed by atoms with Crippen molar-refractivity contribution in [1.29, 1.82) is 0 Å². The fourth-order valence-corrected chi connectivity index (χ4v) is 3.35. The van der Waals surface area contributed by atoms with E-state index in [9.17, 15) is 4.79 Å². The summed E-state index contributed by atoms with van der Waals surface area (Å²) in [7, 11) is 0. The van der Waals surface area contributed by atoms with Gasteiger partial charge < -0.3 is 5.32 Å². The molecule has 114 valence electrons. The third kappa shape index (κ3) is 3.22. The number of carbonyl (C=O) groups excluding carboxylic acids is 1. The van der Waals surface area contributed by atoms with E-state index in [2.05, 4.69) is 61.6 Å². The molecule has 2 aromatic rings. The van der Waals surface area contributed by atoms with Crippen LogP contribution in [0.1, 0.15) is 46.7 Å².